The Bertz CT molecular complexity index is 491. The Balaban J connectivity index is 2.77. The highest BCUT2D eigenvalue weighted by atomic mass is 19.1. The number of carboxylic acids is 1. The summed E-state index contributed by atoms with van der Waals surface area (Å²) in [6, 6.07) is 4.01. The maximum absolute atomic E-state index is 12.9. The molecule has 2 N–H and O–H groups in total. The highest BCUT2D eigenvalue weighted by molar-refractivity contribution is 5.93. The van der Waals surface area contributed by atoms with E-state index < -0.39 is 23.2 Å². The molecule has 1 amide bonds. The number of hydrogen-bond acceptors (Lipinski definition) is 3. The first-order valence-electron chi connectivity index (χ1n) is 5.91. The summed E-state index contributed by atoms with van der Waals surface area (Å²) < 4.78 is 12.9. The van der Waals surface area contributed by atoms with E-state index in [-0.39, 0.29) is 18.2 Å². The Morgan fingerprint density at radius 2 is 2.11 bits per heavy atom. The summed E-state index contributed by atoms with van der Waals surface area (Å²) in [5, 5.41) is 11.6. The summed E-state index contributed by atoms with van der Waals surface area (Å²) in [5.41, 5.74) is -1.17. The van der Waals surface area contributed by atoms with Crippen LogP contribution in [0.5, 0.6) is 0 Å². The second kappa shape index (κ2) is 5.77. The van der Waals surface area contributed by atoms with E-state index in [0.29, 0.717) is 0 Å². The fraction of sp³-hybridized carbons (Fsp3) is 0.462. The molecule has 0 saturated heterocycles. The summed E-state index contributed by atoms with van der Waals surface area (Å²) in [7, 11) is 0. The molecular formula is C13H17FN2O3. The maximum Gasteiger partial charge on any atom is 0.310 e. The number of aliphatic carboxylic acids is 1. The lowest BCUT2D eigenvalue weighted by atomic mass is 9.76. The average Bonchev–Trinajstić information content (AvgIpc) is 2.27. The van der Waals surface area contributed by atoms with Gasteiger partial charge in [0.25, 0.3) is 0 Å². The zero-order valence-corrected chi connectivity index (χ0v) is 11.1. The largest absolute Gasteiger partial charge is 0.481 e. The molecule has 5 nitrogen and oxygen atoms in total. The topological polar surface area (TPSA) is 79.3 Å². The molecule has 0 fully saturated rings. The zero-order chi connectivity index (χ0) is 14.6. The highest BCUT2D eigenvalue weighted by Gasteiger charge is 2.38. The van der Waals surface area contributed by atoms with E-state index in [2.05, 4.69) is 10.3 Å². The van der Waals surface area contributed by atoms with Gasteiger partial charge >= 0.3 is 5.97 Å². The predicted octanol–water partition coefficient (Wildman–Crippen LogP) is 2.30. The van der Waals surface area contributed by atoms with Crippen LogP contribution in [0.15, 0.2) is 18.2 Å². The van der Waals surface area contributed by atoms with Gasteiger partial charge in [-0.3, -0.25) is 9.59 Å². The molecule has 0 saturated carbocycles. The number of anilines is 1. The van der Waals surface area contributed by atoms with Gasteiger partial charge in [-0.1, -0.05) is 19.9 Å². The van der Waals surface area contributed by atoms with Crippen molar-refractivity contribution in [3.8, 4) is 0 Å². The maximum atomic E-state index is 12.9. The highest BCUT2D eigenvalue weighted by Crippen LogP contribution is 2.31. The minimum absolute atomic E-state index is 0.0708. The molecule has 1 unspecified atom stereocenters. The van der Waals surface area contributed by atoms with Gasteiger partial charge in [-0.05, 0) is 25.0 Å². The van der Waals surface area contributed by atoms with Crippen molar-refractivity contribution in [1.29, 1.82) is 0 Å². The molecule has 1 aromatic rings. The van der Waals surface area contributed by atoms with Crippen molar-refractivity contribution >= 4 is 17.7 Å². The van der Waals surface area contributed by atoms with Crippen molar-refractivity contribution in [2.75, 3.05) is 5.32 Å². The molecule has 19 heavy (non-hydrogen) atoms. The van der Waals surface area contributed by atoms with Crippen molar-refractivity contribution < 1.29 is 19.1 Å². The van der Waals surface area contributed by atoms with Crippen molar-refractivity contribution in [2.24, 2.45) is 11.3 Å². The van der Waals surface area contributed by atoms with E-state index >= 15 is 0 Å². The number of halogens is 1. The summed E-state index contributed by atoms with van der Waals surface area (Å²) in [6.07, 6.45) is -0.196. The second-order valence-electron chi connectivity index (χ2n) is 4.95. The molecule has 0 bridgehead atoms. The third kappa shape index (κ3) is 3.74. The fourth-order valence-electron chi connectivity index (χ4n) is 1.53. The van der Waals surface area contributed by atoms with Crippen LogP contribution in [0.25, 0.3) is 0 Å². The fourth-order valence-corrected chi connectivity index (χ4v) is 1.53. The summed E-state index contributed by atoms with van der Waals surface area (Å²) >= 11 is 0. The first kappa shape index (κ1) is 15.1. The average molecular weight is 268 g/mol. The molecule has 1 aromatic heterocycles. The minimum atomic E-state index is -1.17. The molecule has 1 rings (SSSR count). The molecule has 0 aromatic carbocycles. The standard InChI is InChI=1S/C13H17FN2O3/c1-8(2)13(3,12(18)19)7-11(17)16-10-6-4-5-9(14)15-10/h4-6,8H,7H2,1-3H3,(H,18,19)(H,15,16,17). The van der Waals surface area contributed by atoms with Crippen molar-refractivity contribution in [3.63, 3.8) is 0 Å². The summed E-state index contributed by atoms with van der Waals surface area (Å²) in [6.45, 7) is 4.99. The number of carboxylic acid groups (broad SMARTS) is 1. The normalized spacial score (nSPS) is 13.9. The Kier molecular flexibility index (Phi) is 4.58. The first-order chi connectivity index (χ1) is 8.75. The Morgan fingerprint density at radius 1 is 1.47 bits per heavy atom. The van der Waals surface area contributed by atoms with E-state index in [1.54, 1.807) is 13.8 Å². The van der Waals surface area contributed by atoms with Crippen LogP contribution in [0, 0.1) is 17.3 Å². The zero-order valence-electron chi connectivity index (χ0n) is 11.1. The van der Waals surface area contributed by atoms with E-state index in [1.165, 1.54) is 19.1 Å². The molecular weight excluding hydrogens is 251 g/mol. The van der Waals surface area contributed by atoms with E-state index in [4.69, 9.17) is 0 Å². The second-order valence-corrected chi connectivity index (χ2v) is 4.95. The number of nitrogens with one attached hydrogen (secondary N) is 1. The monoisotopic (exact) mass is 268 g/mol. The predicted molar refractivity (Wildman–Crippen MR) is 68.0 cm³/mol. The quantitative estimate of drug-likeness (QED) is 0.803. The van der Waals surface area contributed by atoms with Gasteiger partial charge in [0.15, 0.2) is 0 Å². The molecule has 0 aliphatic heterocycles. The van der Waals surface area contributed by atoms with Crippen molar-refractivity contribution in [3.05, 3.63) is 24.1 Å². The minimum Gasteiger partial charge on any atom is -0.481 e. The summed E-state index contributed by atoms with van der Waals surface area (Å²) in [4.78, 5) is 26.5. The molecule has 0 aliphatic carbocycles. The Labute approximate surface area is 110 Å². The lowest BCUT2D eigenvalue weighted by Crippen LogP contribution is -2.37. The van der Waals surface area contributed by atoms with E-state index in [0.717, 1.165) is 6.07 Å². The van der Waals surface area contributed by atoms with Crippen molar-refractivity contribution in [2.45, 2.75) is 27.2 Å². The lowest BCUT2D eigenvalue weighted by molar-refractivity contribution is -0.153. The van der Waals surface area contributed by atoms with Crippen LogP contribution >= 0.6 is 0 Å². The third-order valence-corrected chi connectivity index (χ3v) is 3.27. The lowest BCUT2D eigenvalue weighted by Gasteiger charge is -2.28. The number of amides is 1. The summed E-state index contributed by atoms with van der Waals surface area (Å²) in [5.74, 6) is -2.39. The van der Waals surface area contributed by atoms with Crippen LogP contribution in [-0.4, -0.2) is 22.0 Å². The van der Waals surface area contributed by atoms with Gasteiger partial charge in [0.05, 0.1) is 5.41 Å². The number of rotatable bonds is 5. The van der Waals surface area contributed by atoms with Gasteiger partial charge in [0, 0.05) is 6.42 Å². The molecule has 104 valence electrons. The van der Waals surface area contributed by atoms with Crippen LogP contribution in [0.1, 0.15) is 27.2 Å². The van der Waals surface area contributed by atoms with Crippen LogP contribution in [0.3, 0.4) is 0 Å². The van der Waals surface area contributed by atoms with E-state index in [9.17, 15) is 19.1 Å². The number of pyridine rings is 1. The Hall–Kier alpha value is -1.98. The molecule has 0 spiro atoms. The van der Waals surface area contributed by atoms with Gasteiger partial charge in [-0.25, -0.2) is 4.98 Å². The SMILES string of the molecule is CC(C)C(C)(CC(=O)Nc1cccc(F)n1)C(=O)O. The Morgan fingerprint density at radius 3 is 2.58 bits per heavy atom. The molecule has 0 radical (unpaired) electrons. The third-order valence-electron chi connectivity index (χ3n) is 3.27. The molecule has 0 aliphatic rings. The van der Waals surface area contributed by atoms with Gasteiger partial charge in [-0.15, -0.1) is 0 Å². The van der Waals surface area contributed by atoms with Gasteiger partial charge in [0.2, 0.25) is 11.9 Å². The van der Waals surface area contributed by atoms with Crippen LogP contribution in [0.4, 0.5) is 10.2 Å². The number of nitrogens with zero attached hydrogens (tertiary/aromatic N) is 1. The number of hydrogen-bond donors (Lipinski definition) is 2. The molecule has 6 heteroatoms. The van der Waals surface area contributed by atoms with Crippen molar-refractivity contribution in [1.82, 2.24) is 4.98 Å². The van der Waals surface area contributed by atoms with Gasteiger partial charge < -0.3 is 10.4 Å². The van der Waals surface area contributed by atoms with E-state index in [1.807, 2.05) is 0 Å². The molecule has 1 heterocycles. The van der Waals surface area contributed by atoms with Gasteiger partial charge in [0.1, 0.15) is 5.82 Å². The van der Waals surface area contributed by atoms with Crippen LogP contribution in [0.2, 0.25) is 0 Å². The van der Waals surface area contributed by atoms with Crippen LogP contribution in [-0.2, 0) is 9.59 Å². The number of aromatic nitrogens is 1. The first-order valence-corrected chi connectivity index (χ1v) is 5.91. The number of carbonyl (C=O) groups is 2. The van der Waals surface area contributed by atoms with Gasteiger partial charge in [-0.2, -0.15) is 4.39 Å². The smallest absolute Gasteiger partial charge is 0.310 e. The van der Waals surface area contributed by atoms with Crippen LogP contribution < -0.4 is 5.32 Å². The number of carbonyl (C=O) groups excluding carboxylic acids is 1. The molecule has 1 atom stereocenters.